The van der Waals surface area contributed by atoms with Gasteiger partial charge in [0.25, 0.3) is 0 Å². The Kier molecular flexibility index (Phi) is 5.47. The number of esters is 1. The third-order valence-electron chi connectivity index (χ3n) is 2.68. The van der Waals surface area contributed by atoms with Crippen LogP contribution in [0.4, 0.5) is 0 Å². The molecule has 92 valence electrons. The van der Waals surface area contributed by atoms with Crippen LogP contribution in [0.1, 0.15) is 42.6 Å². The van der Waals surface area contributed by atoms with Crippen LogP contribution in [0, 0.1) is 5.92 Å². The predicted octanol–water partition coefficient (Wildman–Crippen LogP) is 3.92. The standard InChI is InChI=1S/C15H20O2/c1-4-8-12(3)11-17-15(16)14-10-7-6-9-13(14)5-2/h5-7,9-10,12H,2,4,8,11H2,1,3H3. The number of carbonyl (C=O) groups excluding carboxylic acids is 1. The van der Waals surface area contributed by atoms with Crippen molar-refractivity contribution in [2.45, 2.75) is 26.7 Å². The minimum Gasteiger partial charge on any atom is -0.462 e. The predicted molar refractivity (Wildman–Crippen MR) is 70.9 cm³/mol. The van der Waals surface area contributed by atoms with Gasteiger partial charge in [-0.05, 0) is 24.0 Å². The van der Waals surface area contributed by atoms with E-state index in [2.05, 4.69) is 20.4 Å². The van der Waals surface area contributed by atoms with Crippen molar-refractivity contribution in [1.82, 2.24) is 0 Å². The summed E-state index contributed by atoms with van der Waals surface area (Å²) >= 11 is 0. The summed E-state index contributed by atoms with van der Waals surface area (Å²) in [6.45, 7) is 8.40. The molecule has 0 amide bonds. The molecule has 1 unspecified atom stereocenters. The van der Waals surface area contributed by atoms with Crippen LogP contribution in [0.15, 0.2) is 30.8 Å². The third-order valence-corrected chi connectivity index (χ3v) is 2.68. The largest absolute Gasteiger partial charge is 0.462 e. The second-order valence-electron chi connectivity index (χ2n) is 4.28. The van der Waals surface area contributed by atoms with Gasteiger partial charge in [0.1, 0.15) is 0 Å². The van der Waals surface area contributed by atoms with E-state index in [0.29, 0.717) is 18.1 Å². The fraction of sp³-hybridized carbons (Fsp3) is 0.400. The van der Waals surface area contributed by atoms with E-state index in [9.17, 15) is 4.79 Å². The van der Waals surface area contributed by atoms with Gasteiger partial charge in [-0.25, -0.2) is 4.79 Å². The highest BCUT2D eigenvalue weighted by Gasteiger charge is 2.11. The lowest BCUT2D eigenvalue weighted by atomic mass is 10.1. The Morgan fingerprint density at radius 1 is 1.47 bits per heavy atom. The molecule has 2 nitrogen and oxygen atoms in total. The fourth-order valence-corrected chi connectivity index (χ4v) is 1.73. The molecule has 0 fully saturated rings. The maximum Gasteiger partial charge on any atom is 0.338 e. The van der Waals surface area contributed by atoms with E-state index in [4.69, 9.17) is 4.74 Å². The lowest BCUT2D eigenvalue weighted by Gasteiger charge is -2.11. The number of benzene rings is 1. The van der Waals surface area contributed by atoms with Gasteiger partial charge in [-0.2, -0.15) is 0 Å². The molecule has 0 aliphatic rings. The lowest BCUT2D eigenvalue weighted by Crippen LogP contribution is -2.13. The van der Waals surface area contributed by atoms with Crippen LogP contribution in [0.3, 0.4) is 0 Å². The van der Waals surface area contributed by atoms with Gasteiger partial charge in [-0.3, -0.25) is 0 Å². The molecular weight excluding hydrogens is 212 g/mol. The van der Waals surface area contributed by atoms with Crippen LogP contribution in [-0.2, 0) is 4.74 Å². The van der Waals surface area contributed by atoms with Crippen molar-refractivity contribution >= 4 is 12.0 Å². The fourth-order valence-electron chi connectivity index (χ4n) is 1.73. The summed E-state index contributed by atoms with van der Waals surface area (Å²) in [5.74, 6) is 0.156. The first kappa shape index (κ1) is 13.5. The smallest absolute Gasteiger partial charge is 0.338 e. The molecule has 0 radical (unpaired) electrons. The van der Waals surface area contributed by atoms with Gasteiger partial charge in [0.2, 0.25) is 0 Å². The minimum atomic E-state index is -0.261. The van der Waals surface area contributed by atoms with Crippen LogP contribution < -0.4 is 0 Å². The average Bonchev–Trinajstić information content (AvgIpc) is 2.36. The van der Waals surface area contributed by atoms with E-state index >= 15 is 0 Å². The Labute approximate surface area is 103 Å². The molecule has 1 rings (SSSR count). The molecule has 0 saturated heterocycles. The minimum absolute atomic E-state index is 0.261. The van der Waals surface area contributed by atoms with E-state index < -0.39 is 0 Å². The monoisotopic (exact) mass is 232 g/mol. The molecule has 0 N–H and O–H groups in total. The molecule has 0 aliphatic heterocycles. The topological polar surface area (TPSA) is 26.3 Å². The Balaban J connectivity index is 2.61. The summed E-state index contributed by atoms with van der Waals surface area (Å²) in [6.07, 6.45) is 3.87. The molecule has 0 bridgehead atoms. The van der Waals surface area contributed by atoms with E-state index in [-0.39, 0.29) is 5.97 Å². The zero-order valence-electron chi connectivity index (χ0n) is 10.6. The first-order chi connectivity index (χ1) is 8.19. The Morgan fingerprint density at radius 2 is 2.18 bits per heavy atom. The van der Waals surface area contributed by atoms with Gasteiger partial charge in [-0.1, -0.05) is 51.1 Å². The van der Waals surface area contributed by atoms with Gasteiger partial charge in [0.05, 0.1) is 12.2 Å². The quantitative estimate of drug-likeness (QED) is 0.695. The Bertz CT molecular complexity index is 382. The summed E-state index contributed by atoms with van der Waals surface area (Å²) in [4.78, 5) is 11.9. The Morgan fingerprint density at radius 3 is 2.82 bits per heavy atom. The summed E-state index contributed by atoms with van der Waals surface area (Å²) < 4.78 is 5.30. The summed E-state index contributed by atoms with van der Waals surface area (Å²) in [7, 11) is 0. The summed E-state index contributed by atoms with van der Waals surface area (Å²) in [6, 6.07) is 7.34. The third kappa shape index (κ3) is 4.06. The zero-order chi connectivity index (χ0) is 12.7. The number of hydrogen-bond acceptors (Lipinski definition) is 2. The van der Waals surface area contributed by atoms with Crippen molar-refractivity contribution in [3.63, 3.8) is 0 Å². The van der Waals surface area contributed by atoms with Crippen molar-refractivity contribution in [1.29, 1.82) is 0 Å². The molecule has 2 heteroatoms. The van der Waals surface area contributed by atoms with E-state index in [1.165, 1.54) is 0 Å². The number of carbonyl (C=O) groups is 1. The number of rotatable bonds is 6. The van der Waals surface area contributed by atoms with Crippen molar-refractivity contribution in [3.8, 4) is 0 Å². The van der Waals surface area contributed by atoms with Crippen molar-refractivity contribution in [3.05, 3.63) is 42.0 Å². The maximum absolute atomic E-state index is 11.9. The molecule has 17 heavy (non-hydrogen) atoms. The highest BCUT2D eigenvalue weighted by Crippen LogP contribution is 2.13. The van der Waals surface area contributed by atoms with Gasteiger partial charge in [-0.15, -0.1) is 0 Å². The lowest BCUT2D eigenvalue weighted by molar-refractivity contribution is 0.0443. The van der Waals surface area contributed by atoms with E-state index in [1.54, 1.807) is 12.1 Å². The first-order valence-corrected chi connectivity index (χ1v) is 6.07. The molecule has 0 aliphatic carbocycles. The van der Waals surface area contributed by atoms with Crippen molar-refractivity contribution in [2.75, 3.05) is 6.61 Å². The van der Waals surface area contributed by atoms with Crippen LogP contribution in [0.25, 0.3) is 6.08 Å². The van der Waals surface area contributed by atoms with Crippen LogP contribution >= 0.6 is 0 Å². The second kappa shape index (κ2) is 6.89. The Hall–Kier alpha value is -1.57. The second-order valence-corrected chi connectivity index (χ2v) is 4.28. The van der Waals surface area contributed by atoms with E-state index in [0.717, 1.165) is 18.4 Å². The highest BCUT2D eigenvalue weighted by atomic mass is 16.5. The van der Waals surface area contributed by atoms with E-state index in [1.807, 2.05) is 18.2 Å². The number of ether oxygens (including phenoxy) is 1. The summed E-state index contributed by atoms with van der Waals surface area (Å²) in [5, 5.41) is 0. The molecule has 0 aromatic heterocycles. The van der Waals surface area contributed by atoms with Gasteiger partial charge >= 0.3 is 5.97 Å². The SMILES string of the molecule is C=Cc1ccccc1C(=O)OCC(C)CCC. The molecule has 1 aromatic rings. The summed E-state index contributed by atoms with van der Waals surface area (Å²) in [5.41, 5.74) is 1.41. The molecule has 0 heterocycles. The van der Waals surface area contributed by atoms with Crippen LogP contribution in [0.5, 0.6) is 0 Å². The highest BCUT2D eigenvalue weighted by molar-refractivity contribution is 5.93. The molecule has 0 spiro atoms. The molecule has 1 atom stereocenters. The average molecular weight is 232 g/mol. The van der Waals surface area contributed by atoms with Gasteiger partial charge in [0.15, 0.2) is 0 Å². The zero-order valence-corrected chi connectivity index (χ0v) is 10.6. The van der Waals surface area contributed by atoms with Gasteiger partial charge < -0.3 is 4.74 Å². The molecule has 0 saturated carbocycles. The number of hydrogen-bond donors (Lipinski definition) is 0. The molecule has 1 aromatic carbocycles. The van der Waals surface area contributed by atoms with Gasteiger partial charge in [0, 0.05) is 0 Å². The van der Waals surface area contributed by atoms with Crippen molar-refractivity contribution < 1.29 is 9.53 Å². The molecular formula is C15H20O2. The maximum atomic E-state index is 11.9. The van der Waals surface area contributed by atoms with Crippen LogP contribution in [-0.4, -0.2) is 12.6 Å². The van der Waals surface area contributed by atoms with Crippen LogP contribution in [0.2, 0.25) is 0 Å². The normalized spacial score (nSPS) is 11.9. The first-order valence-electron chi connectivity index (χ1n) is 6.07. The van der Waals surface area contributed by atoms with Crippen molar-refractivity contribution in [2.24, 2.45) is 5.92 Å².